The van der Waals surface area contributed by atoms with E-state index >= 15 is 0 Å². The van der Waals surface area contributed by atoms with Crippen molar-refractivity contribution < 1.29 is 15.2 Å². The zero-order valence-corrected chi connectivity index (χ0v) is 16.0. The SMILES string of the molecule is CCCOCCCN1CN(C)C(=NN(O)O)N(Cc2ccc(Cl)nc2)C1. The Morgan fingerprint density at radius 3 is 2.77 bits per heavy atom. The zero-order valence-electron chi connectivity index (χ0n) is 15.3. The van der Waals surface area contributed by atoms with Crippen LogP contribution in [0.4, 0.5) is 0 Å². The van der Waals surface area contributed by atoms with E-state index in [2.05, 4.69) is 21.9 Å². The number of ether oxygens (including phenoxy) is 1. The summed E-state index contributed by atoms with van der Waals surface area (Å²) in [5, 5.41) is 22.3. The molecule has 10 heteroatoms. The van der Waals surface area contributed by atoms with Crippen molar-refractivity contribution >= 4 is 17.6 Å². The van der Waals surface area contributed by atoms with Gasteiger partial charge in [0.05, 0.1) is 13.3 Å². The highest BCUT2D eigenvalue weighted by molar-refractivity contribution is 6.29. The lowest BCUT2D eigenvalue weighted by Gasteiger charge is -2.43. The van der Waals surface area contributed by atoms with E-state index in [4.69, 9.17) is 26.8 Å². The van der Waals surface area contributed by atoms with Gasteiger partial charge in [-0.1, -0.05) is 29.7 Å². The van der Waals surface area contributed by atoms with Gasteiger partial charge in [0.25, 0.3) is 0 Å². The fourth-order valence-corrected chi connectivity index (χ4v) is 2.90. The predicted octanol–water partition coefficient (Wildman–Crippen LogP) is 1.87. The quantitative estimate of drug-likeness (QED) is 0.378. The lowest BCUT2D eigenvalue weighted by Crippen LogP contribution is -2.57. The first kappa shape index (κ1) is 20.7. The number of aromatic nitrogens is 1. The van der Waals surface area contributed by atoms with Gasteiger partial charge in [-0.2, -0.15) is 0 Å². The number of rotatable bonds is 9. The van der Waals surface area contributed by atoms with Gasteiger partial charge in [0, 0.05) is 39.5 Å². The first-order valence-electron chi connectivity index (χ1n) is 8.62. The molecule has 0 bridgehead atoms. The third-order valence-corrected chi connectivity index (χ3v) is 4.08. The molecule has 2 N–H and O–H groups in total. The fourth-order valence-electron chi connectivity index (χ4n) is 2.79. The van der Waals surface area contributed by atoms with Crippen LogP contribution < -0.4 is 0 Å². The summed E-state index contributed by atoms with van der Waals surface area (Å²) >= 11 is 5.84. The molecule has 0 atom stereocenters. The second-order valence-electron chi connectivity index (χ2n) is 6.20. The van der Waals surface area contributed by atoms with Crippen molar-refractivity contribution in [1.29, 1.82) is 0 Å². The molecule has 0 saturated carbocycles. The lowest BCUT2D eigenvalue weighted by molar-refractivity contribution is -0.309. The Bertz CT molecular complexity index is 572. The molecule has 1 fully saturated rings. The van der Waals surface area contributed by atoms with Gasteiger partial charge in [-0.25, -0.2) is 15.4 Å². The lowest BCUT2D eigenvalue weighted by atomic mass is 10.2. The van der Waals surface area contributed by atoms with Gasteiger partial charge < -0.3 is 14.5 Å². The summed E-state index contributed by atoms with van der Waals surface area (Å²) in [7, 11) is 1.86. The Morgan fingerprint density at radius 1 is 1.31 bits per heavy atom. The standard InChI is InChI=1S/C16H27ClN6O3/c1-3-8-26-9-4-7-21-12-20(2)16(19-23(24)25)22(13-21)11-14-5-6-15(17)18-10-14/h5-6,10,24-25H,3-4,7-9,11-13H2,1-2H3. The summed E-state index contributed by atoms with van der Waals surface area (Å²) in [4.78, 5) is 10.1. The molecule has 0 spiro atoms. The van der Waals surface area contributed by atoms with Crippen molar-refractivity contribution in [2.75, 3.05) is 40.1 Å². The van der Waals surface area contributed by atoms with Crippen molar-refractivity contribution in [2.24, 2.45) is 5.10 Å². The predicted molar refractivity (Wildman–Crippen MR) is 97.6 cm³/mol. The summed E-state index contributed by atoms with van der Waals surface area (Å²) in [5.74, 6) is 0.462. The highest BCUT2D eigenvalue weighted by atomic mass is 35.5. The second kappa shape index (κ2) is 10.5. The first-order chi connectivity index (χ1) is 12.5. The average molecular weight is 387 g/mol. The highest BCUT2D eigenvalue weighted by Gasteiger charge is 2.27. The number of hydrogen-bond donors (Lipinski definition) is 2. The maximum absolute atomic E-state index is 9.12. The highest BCUT2D eigenvalue weighted by Crippen LogP contribution is 2.15. The van der Waals surface area contributed by atoms with E-state index in [1.165, 1.54) is 0 Å². The van der Waals surface area contributed by atoms with Crippen LogP contribution in [-0.4, -0.2) is 81.5 Å². The molecule has 1 aromatic rings. The van der Waals surface area contributed by atoms with Gasteiger partial charge in [-0.05, 0) is 29.8 Å². The van der Waals surface area contributed by atoms with Crippen LogP contribution in [-0.2, 0) is 11.3 Å². The Labute approximate surface area is 158 Å². The minimum absolute atomic E-state index is 0.160. The van der Waals surface area contributed by atoms with Crippen LogP contribution in [0.15, 0.2) is 23.4 Å². The summed E-state index contributed by atoms with van der Waals surface area (Å²) in [6.07, 6.45) is 3.66. The van der Waals surface area contributed by atoms with Crippen LogP contribution in [0.5, 0.6) is 0 Å². The second-order valence-corrected chi connectivity index (χ2v) is 6.58. The number of hydrogen-bond acceptors (Lipinski definition) is 7. The molecular weight excluding hydrogens is 360 g/mol. The molecule has 0 aliphatic carbocycles. The van der Waals surface area contributed by atoms with E-state index in [1.54, 1.807) is 12.3 Å². The molecule has 0 aromatic carbocycles. The molecule has 1 aromatic heterocycles. The third kappa shape index (κ3) is 6.58. The molecule has 2 rings (SSSR count). The average Bonchev–Trinajstić information content (AvgIpc) is 2.59. The van der Waals surface area contributed by atoms with Crippen molar-refractivity contribution in [3.05, 3.63) is 29.0 Å². The molecule has 0 unspecified atom stereocenters. The summed E-state index contributed by atoms with van der Waals surface area (Å²) in [6.45, 7) is 6.24. The maximum atomic E-state index is 9.12. The normalized spacial score (nSPS) is 17.2. The molecule has 0 radical (unpaired) electrons. The van der Waals surface area contributed by atoms with Crippen LogP contribution >= 0.6 is 11.6 Å². The van der Waals surface area contributed by atoms with Crippen molar-refractivity contribution in [2.45, 2.75) is 26.3 Å². The van der Waals surface area contributed by atoms with Crippen molar-refractivity contribution in [3.63, 3.8) is 0 Å². The maximum Gasteiger partial charge on any atom is 0.226 e. The first-order valence-corrected chi connectivity index (χ1v) is 9.00. The summed E-state index contributed by atoms with van der Waals surface area (Å²) < 4.78 is 5.54. The van der Waals surface area contributed by atoms with Crippen LogP contribution in [0, 0.1) is 0 Å². The Balaban J connectivity index is 2.01. The minimum atomic E-state index is -0.160. The minimum Gasteiger partial charge on any atom is -0.381 e. The van der Waals surface area contributed by atoms with E-state index in [0.717, 1.165) is 38.2 Å². The van der Waals surface area contributed by atoms with Gasteiger partial charge in [-0.3, -0.25) is 4.90 Å². The van der Waals surface area contributed by atoms with Crippen LogP contribution in [0.1, 0.15) is 25.3 Å². The molecule has 1 saturated heterocycles. The van der Waals surface area contributed by atoms with Gasteiger partial charge in [0.1, 0.15) is 5.15 Å². The monoisotopic (exact) mass is 386 g/mol. The molecule has 26 heavy (non-hydrogen) atoms. The Morgan fingerprint density at radius 2 is 2.12 bits per heavy atom. The number of pyridine rings is 1. The van der Waals surface area contributed by atoms with Gasteiger partial charge in [0.2, 0.25) is 5.96 Å². The largest absolute Gasteiger partial charge is 0.381 e. The third-order valence-electron chi connectivity index (χ3n) is 3.86. The van der Waals surface area contributed by atoms with E-state index in [0.29, 0.717) is 31.0 Å². The molecule has 1 aliphatic rings. The molecule has 0 amide bonds. The zero-order chi connectivity index (χ0) is 18.9. The molecule has 1 aliphatic heterocycles. The van der Waals surface area contributed by atoms with Crippen LogP contribution in [0.25, 0.3) is 0 Å². The molecule has 2 heterocycles. The molecule has 146 valence electrons. The van der Waals surface area contributed by atoms with Crippen molar-refractivity contribution in [3.8, 4) is 0 Å². The topological polar surface area (TPSA) is 87.9 Å². The fraction of sp³-hybridized carbons (Fsp3) is 0.625. The van der Waals surface area contributed by atoms with Crippen LogP contribution in [0.3, 0.4) is 0 Å². The van der Waals surface area contributed by atoms with Gasteiger partial charge >= 0.3 is 0 Å². The van der Waals surface area contributed by atoms with Gasteiger partial charge in [-0.15, -0.1) is 0 Å². The van der Waals surface area contributed by atoms with Crippen LogP contribution in [0.2, 0.25) is 5.15 Å². The van der Waals surface area contributed by atoms with E-state index in [9.17, 15) is 0 Å². The number of halogens is 1. The number of guanidine groups is 1. The van der Waals surface area contributed by atoms with Gasteiger partial charge in [0.15, 0.2) is 0 Å². The smallest absolute Gasteiger partial charge is 0.226 e. The number of hydrazone groups is 1. The Hall–Kier alpha value is -1.65. The van der Waals surface area contributed by atoms with Crippen molar-refractivity contribution in [1.82, 2.24) is 25.0 Å². The Kier molecular flexibility index (Phi) is 8.33. The van der Waals surface area contributed by atoms with E-state index in [1.807, 2.05) is 22.9 Å². The summed E-state index contributed by atoms with van der Waals surface area (Å²) in [6, 6.07) is 3.62. The van der Waals surface area contributed by atoms with E-state index < -0.39 is 0 Å². The molecule has 9 nitrogen and oxygen atoms in total. The molecular formula is C16H27ClN6O3. The number of nitrogens with zero attached hydrogens (tertiary/aromatic N) is 6. The summed E-state index contributed by atoms with van der Waals surface area (Å²) in [5.41, 5.74) is 0.950. The van der Waals surface area contributed by atoms with E-state index in [-0.39, 0.29) is 5.34 Å².